The van der Waals surface area contributed by atoms with Gasteiger partial charge in [0.2, 0.25) is 0 Å². The van der Waals surface area contributed by atoms with Gasteiger partial charge in [-0.2, -0.15) is 0 Å². The van der Waals surface area contributed by atoms with Crippen LogP contribution in [0.15, 0.2) is 18.2 Å². The number of amides is 2. The number of benzene rings is 1. The Kier molecular flexibility index (Phi) is 4.12. The van der Waals surface area contributed by atoms with Crippen molar-refractivity contribution in [2.75, 3.05) is 25.5 Å². The first kappa shape index (κ1) is 14.2. The number of hydrogen-bond donors (Lipinski definition) is 2. The van der Waals surface area contributed by atoms with Crippen molar-refractivity contribution in [2.45, 2.75) is 13.3 Å². The van der Waals surface area contributed by atoms with Crippen molar-refractivity contribution in [3.63, 3.8) is 0 Å². The highest BCUT2D eigenvalue weighted by atomic mass is 16.5. The molecule has 1 aliphatic heterocycles. The van der Waals surface area contributed by atoms with Crippen LogP contribution in [0.1, 0.15) is 12.0 Å². The van der Waals surface area contributed by atoms with Crippen molar-refractivity contribution in [1.82, 2.24) is 4.90 Å². The molecular formula is C14H18N2O4. The quantitative estimate of drug-likeness (QED) is 0.882. The number of carboxylic acid groups (broad SMARTS) is 1. The molecule has 0 radical (unpaired) electrons. The fourth-order valence-electron chi connectivity index (χ4n) is 2.23. The van der Waals surface area contributed by atoms with Crippen LogP contribution in [0.2, 0.25) is 0 Å². The summed E-state index contributed by atoms with van der Waals surface area (Å²) in [6, 6.07) is 5.32. The lowest BCUT2D eigenvalue weighted by atomic mass is 9.97. The second-order valence-corrected chi connectivity index (χ2v) is 5.00. The molecule has 1 aliphatic rings. The predicted octanol–water partition coefficient (Wildman–Crippen LogP) is 1.94. The van der Waals surface area contributed by atoms with Gasteiger partial charge in [0.15, 0.2) is 0 Å². The number of nitrogens with zero attached hydrogens (tertiary/aromatic N) is 1. The van der Waals surface area contributed by atoms with Crippen molar-refractivity contribution < 1.29 is 19.4 Å². The van der Waals surface area contributed by atoms with E-state index in [4.69, 9.17) is 9.84 Å². The minimum absolute atomic E-state index is 0.0534. The highest BCUT2D eigenvalue weighted by Crippen LogP contribution is 2.27. The molecule has 0 saturated carbocycles. The summed E-state index contributed by atoms with van der Waals surface area (Å²) < 4.78 is 5.20. The maximum absolute atomic E-state index is 12.0. The van der Waals surface area contributed by atoms with Gasteiger partial charge in [0.25, 0.3) is 0 Å². The Labute approximate surface area is 117 Å². The third-order valence-electron chi connectivity index (χ3n) is 3.30. The van der Waals surface area contributed by atoms with E-state index in [1.807, 2.05) is 19.1 Å². The van der Waals surface area contributed by atoms with Gasteiger partial charge in [-0.25, -0.2) is 4.79 Å². The number of methoxy groups -OCH3 is 1. The lowest BCUT2D eigenvalue weighted by molar-refractivity contribution is -0.139. The summed E-state index contributed by atoms with van der Waals surface area (Å²) in [4.78, 5) is 24.2. The van der Waals surface area contributed by atoms with Gasteiger partial charge in [-0.1, -0.05) is 6.07 Å². The average Bonchev–Trinajstić information content (AvgIpc) is 2.33. The van der Waals surface area contributed by atoms with Crippen molar-refractivity contribution >= 4 is 17.7 Å². The summed E-state index contributed by atoms with van der Waals surface area (Å²) in [5.74, 6) is -0.167. The van der Waals surface area contributed by atoms with Crippen LogP contribution in [-0.2, 0) is 4.79 Å². The lowest BCUT2D eigenvalue weighted by Gasteiger charge is -2.38. The van der Waals surface area contributed by atoms with Crippen molar-refractivity contribution in [2.24, 2.45) is 5.92 Å². The number of ether oxygens (including phenoxy) is 1. The Morgan fingerprint density at radius 3 is 2.75 bits per heavy atom. The number of urea groups is 1. The smallest absolute Gasteiger partial charge is 0.321 e. The molecule has 6 nitrogen and oxygen atoms in total. The topological polar surface area (TPSA) is 78.9 Å². The molecule has 0 aromatic heterocycles. The van der Waals surface area contributed by atoms with Gasteiger partial charge in [0.1, 0.15) is 5.75 Å². The molecule has 0 aliphatic carbocycles. The molecule has 20 heavy (non-hydrogen) atoms. The summed E-state index contributed by atoms with van der Waals surface area (Å²) in [5, 5.41) is 11.5. The van der Waals surface area contributed by atoms with Crippen molar-refractivity contribution in [3.05, 3.63) is 23.8 Å². The number of carbonyl (C=O) groups is 2. The molecule has 0 spiro atoms. The SMILES string of the molecule is COc1ccc(C)cc1NC(=O)N1CC(CC(=O)O)C1. The van der Waals surface area contributed by atoms with Crippen LogP contribution in [0.25, 0.3) is 0 Å². The zero-order valence-corrected chi connectivity index (χ0v) is 11.5. The molecule has 2 amide bonds. The summed E-state index contributed by atoms with van der Waals surface area (Å²) in [5.41, 5.74) is 1.65. The number of aryl methyl sites for hydroxylation is 1. The average molecular weight is 278 g/mol. The number of likely N-dealkylation sites (tertiary alicyclic amines) is 1. The molecule has 1 fully saturated rings. The highest BCUT2D eigenvalue weighted by Gasteiger charge is 2.32. The van der Waals surface area contributed by atoms with Gasteiger partial charge in [-0.05, 0) is 24.6 Å². The first-order chi connectivity index (χ1) is 9.49. The Morgan fingerprint density at radius 1 is 1.45 bits per heavy atom. The molecule has 108 valence electrons. The predicted molar refractivity (Wildman–Crippen MR) is 74.1 cm³/mol. The van der Waals surface area contributed by atoms with E-state index in [9.17, 15) is 9.59 Å². The summed E-state index contributed by atoms with van der Waals surface area (Å²) >= 11 is 0. The summed E-state index contributed by atoms with van der Waals surface area (Å²) in [6.45, 7) is 2.89. The number of rotatable bonds is 4. The zero-order chi connectivity index (χ0) is 14.7. The maximum Gasteiger partial charge on any atom is 0.321 e. The van der Waals surface area contributed by atoms with E-state index >= 15 is 0 Å². The molecule has 1 saturated heterocycles. The molecule has 0 bridgehead atoms. The van der Waals surface area contributed by atoms with E-state index in [1.165, 1.54) is 0 Å². The maximum atomic E-state index is 12.0. The summed E-state index contributed by atoms with van der Waals surface area (Å²) in [6.07, 6.45) is 0.109. The largest absolute Gasteiger partial charge is 0.495 e. The van der Waals surface area contributed by atoms with E-state index in [-0.39, 0.29) is 18.4 Å². The molecular weight excluding hydrogens is 260 g/mol. The number of carbonyl (C=O) groups excluding carboxylic acids is 1. The first-order valence-electron chi connectivity index (χ1n) is 6.42. The van der Waals surface area contributed by atoms with Crippen LogP contribution in [0, 0.1) is 12.8 Å². The first-order valence-corrected chi connectivity index (χ1v) is 6.42. The molecule has 1 heterocycles. The van der Waals surface area contributed by atoms with Gasteiger partial charge < -0.3 is 20.1 Å². The lowest BCUT2D eigenvalue weighted by Crippen LogP contribution is -2.52. The molecule has 6 heteroatoms. The van der Waals surface area contributed by atoms with Crippen LogP contribution in [-0.4, -0.2) is 42.2 Å². The zero-order valence-electron chi connectivity index (χ0n) is 11.5. The molecule has 2 rings (SSSR count). The van der Waals surface area contributed by atoms with Gasteiger partial charge in [-0.15, -0.1) is 0 Å². The minimum Gasteiger partial charge on any atom is -0.495 e. The van der Waals surface area contributed by atoms with E-state index in [0.29, 0.717) is 24.5 Å². The summed E-state index contributed by atoms with van der Waals surface area (Å²) in [7, 11) is 1.55. The fraction of sp³-hybridized carbons (Fsp3) is 0.429. The number of nitrogens with one attached hydrogen (secondary N) is 1. The van der Waals surface area contributed by atoms with Crippen molar-refractivity contribution in [3.8, 4) is 5.75 Å². The normalized spacial score (nSPS) is 14.6. The van der Waals surface area contributed by atoms with Gasteiger partial charge >= 0.3 is 12.0 Å². The molecule has 1 aromatic carbocycles. The molecule has 2 N–H and O–H groups in total. The van der Waals surface area contributed by atoms with E-state index in [0.717, 1.165) is 5.56 Å². The number of anilines is 1. The van der Waals surface area contributed by atoms with Crippen LogP contribution in [0.4, 0.5) is 10.5 Å². The van der Waals surface area contributed by atoms with Crippen LogP contribution in [0.5, 0.6) is 5.75 Å². The second kappa shape index (κ2) is 5.81. The van der Waals surface area contributed by atoms with Crippen LogP contribution in [0.3, 0.4) is 0 Å². The standard InChI is InChI=1S/C14H18N2O4/c1-9-3-4-12(20-2)11(5-9)15-14(19)16-7-10(8-16)6-13(17)18/h3-5,10H,6-8H2,1-2H3,(H,15,19)(H,17,18). The fourth-order valence-corrected chi connectivity index (χ4v) is 2.23. The Hall–Kier alpha value is -2.24. The van der Waals surface area contributed by atoms with Crippen LogP contribution >= 0.6 is 0 Å². The molecule has 0 unspecified atom stereocenters. The van der Waals surface area contributed by atoms with E-state index in [1.54, 1.807) is 18.1 Å². The Bertz CT molecular complexity index is 524. The van der Waals surface area contributed by atoms with Gasteiger partial charge in [-0.3, -0.25) is 4.79 Å². The monoisotopic (exact) mass is 278 g/mol. The third-order valence-corrected chi connectivity index (χ3v) is 3.30. The number of carboxylic acids is 1. The Balaban J connectivity index is 1.93. The Morgan fingerprint density at radius 2 is 2.15 bits per heavy atom. The van der Waals surface area contributed by atoms with Gasteiger partial charge in [0.05, 0.1) is 19.2 Å². The highest BCUT2D eigenvalue weighted by molar-refractivity contribution is 5.91. The minimum atomic E-state index is -0.824. The number of aliphatic carboxylic acids is 1. The van der Waals surface area contributed by atoms with E-state index in [2.05, 4.69) is 5.32 Å². The van der Waals surface area contributed by atoms with Crippen molar-refractivity contribution in [1.29, 1.82) is 0 Å². The van der Waals surface area contributed by atoms with Gasteiger partial charge in [0, 0.05) is 19.0 Å². The van der Waals surface area contributed by atoms with Crippen LogP contribution < -0.4 is 10.1 Å². The third kappa shape index (κ3) is 3.20. The molecule has 1 aromatic rings. The second-order valence-electron chi connectivity index (χ2n) is 5.00. The molecule has 0 atom stereocenters. The van der Waals surface area contributed by atoms with E-state index < -0.39 is 5.97 Å². The number of hydrogen-bond acceptors (Lipinski definition) is 3.